The van der Waals surface area contributed by atoms with Gasteiger partial charge in [0.25, 0.3) is 11.5 Å². The number of aryl methyl sites for hydroxylation is 1. The summed E-state index contributed by atoms with van der Waals surface area (Å²) in [7, 11) is 0. The van der Waals surface area contributed by atoms with E-state index in [2.05, 4.69) is 20.1 Å². The summed E-state index contributed by atoms with van der Waals surface area (Å²) in [6.45, 7) is 1.59. The van der Waals surface area contributed by atoms with E-state index < -0.39 is 30.4 Å². The predicted molar refractivity (Wildman–Crippen MR) is 148 cm³/mol. The van der Waals surface area contributed by atoms with Gasteiger partial charge in [-0.05, 0) is 36.8 Å². The average molecular weight is 593 g/mol. The molecular formula is C30H24F4N6O3. The maximum absolute atomic E-state index is 13.8. The molecule has 1 aliphatic heterocycles. The number of nitrogens with zero attached hydrogens (tertiary/aromatic N) is 5. The van der Waals surface area contributed by atoms with E-state index in [0.717, 1.165) is 4.52 Å². The van der Waals surface area contributed by atoms with Crippen LogP contribution in [0.3, 0.4) is 0 Å². The van der Waals surface area contributed by atoms with Gasteiger partial charge in [-0.1, -0.05) is 30.3 Å². The molecule has 0 spiro atoms. The average Bonchev–Trinajstić information content (AvgIpc) is 3.35. The maximum Gasteiger partial charge on any atom is 0.429 e. The lowest BCUT2D eigenvalue weighted by Crippen LogP contribution is -2.50. The number of carbonyl (C=O) groups is 1. The predicted octanol–water partition coefficient (Wildman–Crippen LogP) is 5.18. The molecule has 13 heteroatoms. The van der Waals surface area contributed by atoms with E-state index >= 15 is 0 Å². The number of carbonyl (C=O) groups excluding carboxylic acids is 1. The third kappa shape index (κ3) is 5.33. The van der Waals surface area contributed by atoms with E-state index in [-0.39, 0.29) is 47.2 Å². The first kappa shape index (κ1) is 28.1. The van der Waals surface area contributed by atoms with E-state index in [1.165, 1.54) is 71.9 Å². The van der Waals surface area contributed by atoms with E-state index in [0.29, 0.717) is 22.6 Å². The van der Waals surface area contributed by atoms with Gasteiger partial charge in [0, 0.05) is 43.0 Å². The number of aromatic amines is 1. The van der Waals surface area contributed by atoms with Crippen molar-refractivity contribution in [3.8, 4) is 28.4 Å². The molecule has 3 aromatic heterocycles. The molecule has 2 aromatic carbocycles. The highest BCUT2D eigenvalue weighted by Gasteiger charge is 2.43. The number of rotatable bonds is 7. The van der Waals surface area contributed by atoms with Gasteiger partial charge in [0.2, 0.25) is 6.10 Å². The largest absolute Gasteiger partial charge is 0.476 e. The van der Waals surface area contributed by atoms with Crippen LogP contribution in [0.15, 0.2) is 77.9 Å². The topological polar surface area (TPSA) is 105 Å². The normalized spacial score (nSPS) is 14.5. The Morgan fingerprint density at radius 1 is 1.05 bits per heavy atom. The summed E-state index contributed by atoms with van der Waals surface area (Å²) in [5, 5.41) is 4.40. The highest BCUT2D eigenvalue weighted by atomic mass is 19.4. The lowest BCUT2D eigenvalue weighted by molar-refractivity contribution is -0.198. The highest BCUT2D eigenvalue weighted by molar-refractivity contribution is 6.06. The van der Waals surface area contributed by atoms with Crippen LogP contribution in [-0.2, 0) is 0 Å². The summed E-state index contributed by atoms with van der Waals surface area (Å²) >= 11 is 0. The van der Waals surface area contributed by atoms with Crippen LogP contribution in [0, 0.1) is 12.8 Å². The molecule has 6 rings (SSSR count). The summed E-state index contributed by atoms with van der Waals surface area (Å²) in [5.74, 6) is -0.740. The number of likely N-dealkylation sites (tertiary alicyclic amines) is 1. The van der Waals surface area contributed by atoms with Crippen molar-refractivity contribution in [3.63, 3.8) is 0 Å². The molecule has 220 valence electrons. The Balaban J connectivity index is 1.39. The fourth-order valence-electron chi connectivity index (χ4n) is 5.00. The van der Waals surface area contributed by atoms with Gasteiger partial charge >= 0.3 is 6.18 Å². The van der Waals surface area contributed by atoms with Crippen LogP contribution in [0.4, 0.5) is 17.6 Å². The van der Waals surface area contributed by atoms with E-state index in [1.807, 2.05) is 0 Å². The van der Waals surface area contributed by atoms with Crippen LogP contribution in [0.5, 0.6) is 5.75 Å². The van der Waals surface area contributed by atoms with Crippen molar-refractivity contribution >= 4 is 11.6 Å². The summed E-state index contributed by atoms with van der Waals surface area (Å²) in [4.78, 5) is 40.0. The number of hydrogen-bond acceptors (Lipinski definition) is 6. The molecule has 0 aliphatic carbocycles. The van der Waals surface area contributed by atoms with Crippen molar-refractivity contribution < 1.29 is 27.1 Å². The number of hydrogen-bond donors (Lipinski definition) is 1. The van der Waals surface area contributed by atoms with Gasteiger partial charge in [0.05, 0.1) is 18.1 Å². The summed E-state index contributed by atoms with van der Waals surface area (Å²) < 4.78 is 60.8. The minimum Gasteiger partial charge on any atom is -0.476 e. The molecule has 0 saturated carbocycles. The van der Waals surface area contributed by atoms with Gasteiger partial charge in [-0.25, -0.2) is 0 Å². The zero-order valence-electron chi connectivity index (χ0n) is 22.7. The van der Waals surface area contributed by atoms with Gasteiger partial charge in [-0.3, -0.25) is 23.9 Å². The van der Waals surface area contributed by atoms with Gasteiger partial charge < -0.3 is 14.6 Å². The second-order valence-electron chi connectivity index (χ2n) is 10.2. The van der Waals surface area contributed by atoms with Crippen molar-refractivity contribution in [2.45, 2.75) is 19.2 Å². The number of alkyl halides is 4. The van der Waals surface area contributed by atoms with E-state index in [9.17, 15) is 27.2 Å². The molecule has 9 nitrogen and oxygen atoms in total. The van der Waals surface area contributed by atoms with Crippen molar-refractivity contribution in [2.75, 3.05) is 19.8 Å². The Morgan fingerprint density at radius 2 is 1.74 bits per heavy atom. The molecule has 0 radical (unpaired) electrons. The van der Waals surface area contributed by atoms with Crippen LogP contribution < -0.4 is 10.3 Å². The van der Waals surface area contributed by atoms with E-state index in [1.54, 1.807) is 13.0 Å². The summed E-state index contributed by atoms with van der Waals surface area (Å²) in [6, 6.07) is 14.3. The van der Waals surface area contributed by atoms with Gasteiger partial charge in [-0.15, -0.1) is 0 Å². The van der Waals surface area contributed by atoms with Gasteiger partial charge in [0.1, 0.15) is 22.7 Å². The molecular weight excluding hydrogens is 568 g/mol. The van der Waals surface area contributed by atoms with E-state index in [4.69, 9.17) is 4.74 Å². The van der Waals surface area contributed by atoms with Crippen molar-refractivity contribution in [3.05, 3.63) is 100 Å². The van der Waals surface area contributed by atoms with Gasteiger partial charge in [0.15, 0.2) is 5.65 Å². The lowest BCUT2D eigenvalue weighted by Gasteiger charge is -2.37. The van der Waals surface area contributed by atoms with Crippen molar-refractivity contribution in [2.24, 2.45) is 5.92 Å². The number of ether oxygens (including phenoxy) is 1. The first-order chi connectivity index (χ1) is 20.6. The second kappa shape index (κ2) is 11.0. The Bertz CT molecular complexity index is 1850. The van der Waals surface area contributed by atoms with Crippen LogP contribution in [0.25, 0.3) is 28.3 Å². The number of H-pyrrole nitrogens is 1. The first-order valence-corrected chi connectivity index (χ1v) is 13.3. The molecule has 1 saturated heterocycles. The Morgan fingerprint density at radius 3 is 2.40 bits per heavy atom. The fraction of sp³-hybridized carbons (Fsp3) is 0.233. The Labute approximate surface area is 241 Å². The minimum absolute atomic E-state index is 0.0285. The second-order valence-corrected chi connectivity index (χ2v) is 10.2. The first-order valence-electron chi connectivity index (χ1n) is 13.3. The summed E-state index contributed by atoms with van der Waals surface area (Å²) in [5.41, 5.74) is 1.26. The van der Waals surface area contributed by atoms with Gasteiger partial charge in [-0.2, -0.15) is 22.8 Å². The molecule has 1 N–H and O–H groups in total. The smallest absolute Gasteiger partial charge is 0.429 e. The number of nitrogens with one attached hydrogen (secondary N) is 1. The lowest BCUT2D eigenvalue weighted by atomic mass is 10.00. The van der Waals surface area contributed by atoms with Crippen LogP contribution in [0.1, 0.15) is 27.7 Å². The molecule has 1 aliphatic rings. The Kier molecular flexibility index (Phi) is 7.16. The standard InChI is InChI=1S/C30H24F4N6O3/c1-17-25(36-12-11-35-17)26-24(29(42)39-15-18(14-31)16-39)28-37-22(13-23(41)40(28)38-26)19-7-9-21(10-8-19)43-27(30(32,33)34)20-5-3-2-4-6-20/h2-13,18,27,37H,14-16H2,1H3. The third-order valence-corrected chi connectivity index (χ3v) is 7.22. The third-order valence-electron chi connectivity index (χ3n) is 7.22. The van der Waals surface area contributed by atoms with Crippen LogP contribution in [0.2, 0.25) is 0 Å². The SMILES string of the molecule is Cc1nccnc1-c1nn2c(=O)cc(-c3ccc(OC(c4ccccc4)C(F)(F)F)cc3)[nH]c2c1C(=O)N1CC(CF)C1. The molecule has 1 unspecified atom stereocenters. The summed E-state index contributed by atoms with van der Waals surface area (Å²) in [6.07, 6.45) is -3.88. The molecule has 43 heavy (non-hydrogen) atoms. The van der Waals surface area contributed by atoms with Crippen molar-refractivity contribution in [1.82, 2.24) is 29.5 Å². The number of amides is 1. The quantitative estimate of drug-likeness (QED) is 0.261. The molecule has 0 bridgehead atoms. The van der Waals surface area contributed by atoms with Crippen LogP contribution in [-0.4, -0.2) is 61.3 Å². The highest BCUT2D eigenvalue weighted by Crippen LogP contribution is 2.37. The Hall–Kier alpha value is -5.07. The van der Waals surface area contributed by atoms with Crippen molar-refractivity contribution in [1.29, 1.82) is 0 Å². The molecule has 4 heterocycles. The number of halogens is 4. The van der Waals surface area contributed by atoms with Crippen LogP contribution >= 0.6 is 0 Å². The fourth-order valence-corrected chi connectivity index (χ4v) is 5.00. The number of aromatic nitrogens is 5. The molecule has 1 fully saturated rings. The molecule has 1 atom stereocenters. The zero-order chi connectivity index (χ0) is 30.3. The zero-order valence-corrected chi connectivity index (χ0v) is 22.7. The molecule has 1 amide bonds. The number of fused-ring (bicyclic) bond motifs is 1. The monoisotopic (exact) mass is 592 g/mol. The maximum atomic E-state index is 13.8. The number of benzene rings is 2. The molecule has 5 aromatic rings. The minimum atomic E-state index is -4.65.